The van der Waals surface area contributed by atoms with E-state index in [1.165, 1.54) is 12.7 Å². The standard InChI is InChI=1S/C12H21N3O2/c1-8(12(16)17-5)6-13-7-11-9(2)14-15(4)10(11)3/h8,13H,6-7H2,1-5H3. The maximum absolute atomic E-state index is 11.2. The normalized spacial score (nSPS) is 12.5. The van der Waals surface area contributed by atoms with Gasteiger partial charge in [0, 0.05) is 31.4 Å². The summed E-state index contributed by atoms with van der Waals surface area (Å²) in [6.07, 6.45) is 0. The number of ether oxygens (including phenoxy) is 1. The van der Waals surface area contributed by atoms with Crippen LogP contribution in [0.2, 0.25) is 0 Å². The van der Waals surface area contributed by atoms with Gasteiger partial charge in [-0.15, -0.1) is 0 Å². The molecule has 0 aliphatic rings. The van der Waals surface area contributed by atoms with Crippen molar-refractivity contribution in [2.75, 3.05) is 13.7 Å². The zero-order valence-electron chi connectivity index (χ0n) is 11.2. The summed E-state index contributed by atoms with van der Waals surface area (Å²) in [7, 11) is 3.34. The molecule has 1 heterocycles. The molecule has 0 saturated carbocycles. The van der Waals surface area contributed by atoms with Crippen LogP contribution in [0.5, 0.6) is 0 Å². The summed E-state index contributed by atoms with van der Waals surface area (Å²) in [5.74, 6) is -0.311. The van der Waals surface area contributed by atoms with Crippen molar-refractivity contribution >= 4 is 5.97 Å². The van der Waals surface area contributed by atoms with Crippen LogP contribution in [-0.2, 0) is 23.1 Å². The summed E-state index contributed by atoms with van der Waals surface area (Å²) < 4.78 is 6.54. The van der Waals surface area contributed by atoms with Gasteiger partial charge in [0.05, 0.1) is 18.7 Å². The van der Waals surface area contributed by atoms with Crippen LogP contribution < -0.4 is 5.32 Å². The fourth-order valence-corrected chi connectivity index (χ4v) is 1.77. The lowest BCUT2D eigenvalue weighted by Gasteiger charge is -2.10. The molecule has 0 spiro atoms. The molecule has 1 unspecified atom stereocenters. The molecule has 0 bridgehead atoms. The predicted octanol–water partition coefficient (Wildman–Crippen LogP) is 0.936. The van der Waals surface area contributed by atoms with E-state index < -0.39 is 0 Å². The third kappa shape index (κ3) is 3.30. The van der Waals surface area contributed by atoms with Crippen LogP contribution in [0, 0.1) is 19.8 Å². The number of rotatable bonds is 5. The highest BCUT2D eigenvalue weighted by molar-refractivity contribution is 5.72. The second-order valence-electron chi connectivity index (χ2n) is 4.33. The fourth-order valence-electron chi connectivity index (χ4n) is 1.77. The Morgan fingerprint density at radius 2 is 2.18 bits per heavy atom. The SMILES string of the molecule is COC(=O)C(C)CNCc1c(C)nn(C)c1C. The van der Waals surface area contributed by atoms with Gasteiger partial charge in [0.25, 0.3) is 0 Å². The molecule has 1 aromatic rings. The van der Waals surface area contributed by atoms with Crippen molar-refractivity contribution in [3.8, 4) is 0 Å². The van der Waals surface area contributed by atoms with Gasteiger partial charge in [0.1, 0.15) is 0 Å². The summed E-state index contributed by atoms with van der Waals surface area (Å²) in [6.45, 7) is 7.23. The molecule has 1 aromatic heterocycles. The van der Waals surface area contributed by atoms with Crippen molar-refractivity contribution < 1.29 is 9.53 Å². The van der Waals surface area contributed by atoms with E-state index >= 15 is 0 Å². The fraction of sp³-hybridized carbons (Fsp3) is 0.667. The van der Waals surface area contributed by atoms with Crippen molar-refractivity contribution in [2.45, 2.75) is 27.3 Å². The Bertz CT molecular complexity index is 399. The highest BCUT2D eigenvalue weighted by Crippen LogP contribution is 2.11. The number of nitrogens with zero attached hydrogens (tertiary/aromatic N) is 2. The van der Waals surface area contributed by atoms with Crippen LogP contribution in [0.3, 0.4) is 0 Å². The molecule has 5 nitrogen and oxygen atoms in total. The number of nitrogens with one attached hydrogen (secondary N) is 1. The average Bonchev–Trinajstić information content (AvgIpc) is 2.54. The van der Waals surface area contributed by atoms with E-state index in [1.54, 1.807) is 0 Å². The molecule has 1 atom stereocenters. The van der Waals surface area contributed by atoms with Crippen LogP contribution in [0.25, 0.3) is 0 Å². The number of esters is 1. The van der Waals surface area contributed by atoms with E-state index in [0.717, 1.165) is 17.9 Å². The van der Waals surface area contributed by atoms with Gasteiger partial charge in [-0.05, 0) is 13.8 Å². The van der Waals surface area contributed by atoms with Gasteiger partial charge in [-0.3, -0.25) is 9.48 Å². The number of hydrogen-bond donors (Lipinski definition) is 1. The molecule has 0 radical (unpaired) electrons. The molecular formula is C12H21N3O2. The third-order valence-corrected chi connectivity index (χ3v) is 3.01. The van der Waals surface area contributed by atoms with E-state index in [9.17, 15) is 4.79 Å². The summed E-state index contributed by atoms with van der Waals surface area (Å²) >= 11 is 0. The lowest BCUT2D eigenvalue weighted by Crippen LogP contribution is -2.27. The zero-order chi connectivity index (χ0) is 13.0. The Labute approximate surface area is 102 Å². The minimum absolute atomic E-state index is 0.128. The molecule has 5 heteroatoms. The first-order valence-corrected chi connectivity index (χ1v) is 5.75. The maximum Gasteiger partial charge on any atom is 0.309 e. The van der Waals surface area contributed by atoms with Crippen LogP contribution in [0.1, 0.15) is 23.9 Å². The molecule has 0 saturated heterocycles. The van der Waals surface area contributed by atoms with E-state index in [0.29, 0.717) is 6.54 Å². The van der Waals surface area contributed by atoms with Crippen molar-refractivity contribution in [1.82, 2.24) is 15.1 Å². The number of carbonyl (C=O) groups is 1. The van der Waals surface area contributed by atoms with E-state index in [4.69, 9.17) is 0 Å². The maximum atomic E-state index is 11.2. The van der Waals surface area contributed by atoms with Crippen molar-refractivity contribution in [2.24, 2.45) is 13.0 Å². The van der Waals surface area contributed by atoms with Crippen LogP contribution in [0.15, 0.2) is 0 Å². The lowest BCUT2D eigenvalue weighted by atomic mass is 10.1. The third-order valence-electron chi connectivity index (χ3n) is 3.01. The summed E-state index contributed by atoms with van der Waals surface area (Å²) in [5, 5.41) is 7.60. The first-order chi connectivity index (χ1) is 7.97. The second kappa shape index (κ2) is 5.82. The van der Waals surface area contributed by atoms with Crippen LogP contribution in [-0.4, -0.2) is 29.4 Å². The number of aromatic nitrogens is 2. The Hall–Kier alpha value is -1.36. The molecule has 96 valence electrons. The number of carbonyl (C=O) groups excluding carboxylic acids is 1. The molecule has 0 fully saturated rings. The molecule has 0 aliphatic heterocycles. The zero-order valence-corrected chi connectivity index (χ0v) is 11.2. The number of aryl methyl sites for hydroxylation is 2. The van der Waals surface area contributed by atoms with Gasteiger partial charge in [-0.25, -0.2) is 0 Å². The Morgan fingerprint density at radius 1 is 1.53 bits per heavy atom. The Balaban J connectivity index is 2.49. The van der Waals surface area contributed by atoms with Gasteiger partial charge < -0.3 is 10.1 Å². The topological polar surface area (TPSA) is 56.1 Å². The summed E-state index contributed by atoms with van der Waals surface area (Å²) in [5.41, 5.74) is 3.38. The van der Waals surface area contributed by atoms with Crippen molar-refractivity contribution in [3.05, 3.63) is 17.0 Å². The summed E-state index contributed by atoms with van der Waals surface area (Å²) in [4.78, 5) is 11.2. The predicted molar refractivity (Wildman–Crippen MR) is 65.6 cm³/mol. The minimum Gasteiger partial charge on any atom is -0.469 e. The van der Waals surface area contributed by atoms with Gasteiger partial charge in [-0.1, -0.05) is 6.92 Å². The monoisotopic (exact) mass is 239 g/mol. The van der Waals surface area contributed by atoms with Gasteiger partial charge in [-0.2, -0.15) is 5.10 Å². The molecule has 1 N–H and O–H groups in total. The van der Waals surface area contributed by atoms with Crippen molar-refractivity contribution in [1.29, 1.82) is 0 Å². The van der Waals surface area contributed by atoms with Crippen molar-refractivity contribution in [3.63, 3.8) is 0 Å². The van der Waals surface area contributed by atoms with Crippen LogP contribution in [0.4, 0.5) is 0 Å². The summed E-state index contributed by atoms with van der Waals surface area (Å²) in [6, 6.07) is 0. The van der Waals surface area contributed by atoms with E-state index in [1.807, 2.05) is 32.5 Å². The van der Waals surface area contributed by atoms with Gasteiger partial charge >= 0.3 is 5.97 Å². The number of hydrogen-bond acceptors (Lipinski definition) is 4. The van der Waals surface area contributed by atoms with E-state index in [2.05, 4.69) is 15.2 Å². The average molecular weight is 239 g/mol. The largest absolute Gasteiger partial charge is 0.469 e. The molecule has 0 aromatic carbocycles. The Kier molecular flexibility index (Phi) is 4.69. The van der Waals surface area contributed by atoms with E-state index in [-0.39, 0.29) is 11.9 Å². The quantitative estimate of drug-likeness (QED) is 0.777. The highest BCUT2D eigenvalue weighted by Gasteiger charge is 2.13. The van der Waals surface area contributed by atoms with Gasteiger partial charge in [0.15, 0.2) is 0 Å². The molecule has 17 heavy (non-hydrogen) atoms. The minimum atomic E-state index is -0.183. The lowest BCUT2D eigenvalue weighted by molar-refractivity contribution is -0.144. The first-order valence-electron chi connectivity index (χ1n) is 5.75. The smallest absolute Gasteiger partial charge is 0.309 e. The molecule has 0 amide bonds. The number of methoxy groups -OCH3 is 1. The molecule has 0 aliphatic carbocycles. The van der Waals surface area contributed by atoms with Crippen LogP contribution >= 0.6 is 0 Å². The highest BCUT2D eigenvalue weighted by atomic mass is 16.5. The Morgan fingerprint density at radius 3 is 2.65 bits per heavy atom. The molecule has 1 rings (SSSR count). The molecular weight excluding hydrogens is 218 g/mol. The first kappa shape index (κ1) is 13.7. The van der Waals surface area contributed by atoms with Gasteiger partial charge in [0.2, 0.25) is 0 Å². The second-order valence-corrected chi connectivity index (χ2v) is 4.33.